The van der Waals surface area contributed by atoms with Crippen molar-refractivity contribution in [2.24, 2.45) is 10.9 Å². The van der Waals surface area contributed by atoms with E-state index >= 15 is 0 Å². The summed E-state index contributed by atoms with van der Waals surface area (Å²) >= 11 is 0. The molecule has 6 heteroatoms. The highest BCUT2D eigenvalue weighted by Crippen LogP contribution is 2.25. The molecule has 1 atom stereocenters. The Bertz CT molecular complexity index is 808. The van der Waals surface area contributed by atoms with E-state index in [1.54, 1.807) is 7.11 Å². The van der Waals surface area contributed by atoms with Gasteiger partial charge >= 0.3 is 0 Å². The summed E-state index contributed by atoms with van der Waals surface area (Å²) in [6.45, 7) is 6.72. The lowest BCUT2D eigenvalue weighted by Gasteiger charge is -2.22. The zero-order valence-electron chi connectivity index (χ0n) is 18.3. The third-order valence-electron chi connectivity index (χ3n) is 5.24. The fourth-order valence-electron chi connectivity index (χ4n) is 3.54. The molecule has 0 amide bonds. The van der Waals surface area contributed by atoms with Gasteiger partial charge in [-0.1, -0.05) is 35.9 Å². The molecule has 3 rings (SSSR count). The third kappa shape index (κ3) is 6.47. The topological polar surface area (TPSA) is 55.3 Å². The quantitative estimate of drug-likeness (QED) is 0.386. The second kappa shape index (κ2) is 11.6. The van der Waals surface area contributed by atoms with Crippen molar-refractivity contribution in [3.8, 4) is 11.5 Å². The minimum atomic E-state index is 0.526. The second-order valence-electron chi connectivity index (χ2n) is 7.59. The third-order valence-corrected chi connectivity index (χ3v) is 5.24. The van der Waals surface area contributed by atoms with Gasteiger partial charge in [0.15, 0.2) is 5.96 Å². The van der Waals surface area contributed by atoms with Crippen LogP contribution in [-0.2, 0) is 16.0 Å². The van der Waals surface area contributed by atoms with Crippen LogP contribution in [0.5, 0.6) is 11.5 Å². The summed E-state index contributed by atoms with van der Waals surface area (Å²) in [6.07, 6.45) is 1.11. The highest BCUT2D eigenvalue weighted by atomic mass is 16.5. The van der Waals surface area contributed by atoms with E-state index in [0.29, 0.717) is 25.7 Å². The predicted octanol–water partition coefficient (Wildman–Crippen LogP) is 3.85. The number of ether oxygens (including phenoxy) is 3. The van der Waals surface area contributed by atoms with Crippen molar-refractivity contribution >= 4 is 5.96 Å². The summed E-state index contributed by atoms with van der Waals surface area (Å²) in [5.74, 6) is 3.14. The predicted molar refractivity (Wildman–Crippen MR) is 120 cm³/mol. The highest BCUT2D eigenvalue weighted by molar-refractivity contribution is 5.80. The van der Waals surface area contributed by atoms with Crippen molar-refractivity contribution < 1.29 is 14.2 Å². The molecule has 0 aromatic heterocycles. The van der Waals surface area contributed by atoms with Crippen LogP contribution in [0.3, 0.4) is 0 Å². The van der Waals surface area contributed by atoms with E-state index in [2.05, 4.69) is 40.3 Å². The summed E-state index contributed by atoms with van der Waals surface area (Å²) in [5, 5.41) is 3.50. The Balaban J connectivity index is 1.53. The Morgan fingerprint density at radius 3 is 2.70 bits per heavy atom. The van der Waals surface area contributed by atoms with Crippen molar-refractivity contribution in [3.05, 3.63) is 59.7 Å². The van der Waals surface area contributed by atoms with Crippen molar-refractivity contribution in [1.82, 2.24) is 10.2 Å². The van der Waals surface area contributed by atoms with Gasteiger partial charge in [-0.05, 0) is 31.5 Å². The summed E-state index contributed by atoms with van der Waals surface area (Å²) in [4.78, 5) is 6.78. The molecule has 0 spiro atoms. The summed E-state index contributed by atoms with van der Waals surface area (Å²) in [7, 11) is 3.53. The number of guanidine groups is 1. The van der Waals surface area contributed by atoms with Gasteiger partial charge in [-0.2, -0.15) is 0 Å². The minimum absolute atomic E-state index is 0.526. The first-order valence-electron chi connectivity index (χ1n) is 10.5. The lowest BCUT2D eigenvalue weighted by atomic mass is 10.1. The average Bonchev–Trinajstić information content (AvgIpc) is 3.23. The zero-order chi connectivity index (χ0) is 21.2. The molecule has 2 aromatic carbocycles. The first-order valence-corrected chi connectivity index (χ1v) is 10.5. The number of nitrogens with one attached hydrogen (secondary N) is 1. The van der Waals surface area contributed by atoms with Crippen LogP contribution in [0.25, 0.3) is 0 Å². The van der Waals surface area contributed by atoms with Gasteiger partial charge in [0.2, 0.25) is 0 Å². The van der Waals surface area contributed by atoms with Crippen molar-refractivity contribution in [2.45, 2.75) is 19.9 Å². The molecule has 1 heterocycles. The number of methoxy groups -OCH3 is 1. The lowest BCUT2D eigenvalue weighted by molar-refractivity contribution is 0.0536. The monoisotopic (exact) mass is 411 g/mol. The molecule has 1 saturated heterocycles. The van der Waals surface area contributed by atoms with Crippen molar-refractivity contribution in [3.63, 3.8) is 0 Å². The summed E-state index contributed by atoms with van der Waals surface area (Å²) in [6, 6.07) is 16.2. The number of likely N-dealkylation sites (tertiary alicyclic amines) is 1. The van der Waals surface area contributed by atoms with E-state index in [4.69, 9.17) is 14.2 Å². The maximum Gasteiger partial charge on any atom is 0.193 e. The Kier molecular flexibility index (Phi) is 8.53. The number of benzene rings is 2. The molecule has 2 aromatic rings. The molecule has 0 radical (unpaired) electrons. The number of para-hydroxylation sites is 1. The summed E-state index contributed by atoms with van der Waals surface area (Å²) < 4.78 is 16.9. The van der Waals surface area contributed by atoms with Gasteiger partial charge in [0.25, 0.3) is 0 Å². The van der Waals surface area contributed by atoms with Crippen LogP contribution in [0.2, 0.25) is 0 Å². The van der Waals surface area contributed by atoms with E-state index in [0.717, 1.165) is 49.1 Å². The molecule has 1 N–H and O–H groups in total. The normalized spacial score (nSPS) is 16.7. The number of aliphatic imine (C=N–C) groups is 1. The Morgan fingerprint density at radius 2 is 1.93 bits per heavy atom. The van der Waals surface area contributed by atoms with Crippen molar-refractivity contribution in [2.75, 3.05) is 47.1 Å². The van der Waals surface area contributed by atoms with Crippen LogP contribution in [0.1, 0.15) is 17.5 Å². The second-order valence-corrected chi connectivity index (χ2v) is 7.59. The van der Waals surface area contributed by atoms with Crippen LogP contribution >= 0.6 is 0 Å². The fraction of sp³-hybridized carbons (Fsp3) is 0.458. The van der Waals surface area contributed by atoms with Gasteiger partial charge in [0.1, 0.15) is 11.5 Å². The molecule has 30 heavy (non-hydrogen) atoms. The van der Waals surface area contributed by atoms with Gasteiger partial charge in [0.05, 0.1) is 19.8 Å². The van der Waals surface area contributed by atoms with E-state index in [-0.39, 0.29) is 0 Å². The highest BCUT2D eigenvalue weighted by Gasteiger charge is 2.25. The van der Waals surface area contributed by atoms with Crippen LogP contribution in [0.15, 0.2) is 53.5 Å². The SMILES string of the molecule is CN=C(NCc1ccccc1Oc1ccc(C)cc1)N1CCC(COCCOC)C1. The molecule has 1 unspecified atom stereocenters. The Morgan fingerprint density at radius 1 is 1.13 bits per heavy atom. The fourth-order valence-corrected chi connectivity index (χ4v) is 3.54. The molecule has 0 bridgehead atoms. The molecule has 1 fully saturated rings. The van der Waals surface area contributed by atoms with Crippen molar-refractivity contribution in [1.29, 1.82) is 0 Å². The summed E-state index contributed by atoms with van der Waals surface area (Å²) in [5.41, 5.74) is 2.31. The van der Waals surface area contributed by atoms with Gasteiger partial charge in [-0.3, -0.25) is 4.99 Å². The Labute approximate surface area is 179 Å². The van der Waals surface area contributed by atoms with E-state index in [1.165, 1.54) is 5.56 Å². The van der Waals surface area contributed by atoms with Crippen LogP contribution in [0.4, 0.5) is 0 Å². The molecular formula is C24H33N3O3. The van der Waals surface area contributed by atoms with Crippen LogP contribution in [0, 0.1) is 12.8 Å². The average molecular weight is 412 g/mol. The Hall–Kier alpha value is -2.57. The molecule has 0 saturated carbocycles. The molecule has 1 aliphatic rings. The number of aryl methyl sites for hydroxylation is 1. The molecular weight excluding hydrogens is 378 g/mol. The molecule has 6 nitrogen and oxygen atoms in total. The zero-order valence-corrected chi connectivity index (χ0v) is 18.3. The van der Waals surface area contributed by atoms with E-state index in [1.807, 2.05) is 37.4 Å². The van der Waals surface area contributed by atoms with Gasteiger partial charge in [-0.25, -0.2) is 0 Å². The maximum atomic E-state index is 6.12. The first-order chi connectivity index (χ1) is 14.7. The van der Waals surface area contributed by atoms with E-state index < -0.39 is 0 Å². The number of hydrogen-bond acceptors (Lipinski definition) is 4. The van der Waals surface area contributed by atoms with E-state index in [9.17, 15) is 0 Å². The molecule has 1 aliphatic heterocycles. The maximum absolute atomic E-state index is 6.12. The number of hydrogen-bond donors (Lipinski definition) is 1. The molecule has 0 aliphatic carbocycles. The number of nitrogens with zero attached hydrogens (tertiary/aromatic N) is 2. The first kappa shape index (κ1) is 22.1. The molecule has 162 valence electrons. The minimum Gasteiger partial charge on any atom is -0.457 e. The van der Waals surface area contributed by atoms with Gasteiger partial charge in [0, 0.05) is 45.3 Å². The smallest absolute Gasteiger partial charge is 0.193 e. The largest absolute Gasteiger partial charge is 0.457 e. The standard InChI is InChI=1S/C24H33N3O3/c1-19-8-10-22(11-9-19)30-23-7-5-4-6-21(23)16-26-24(25-2)27-13-12-20(17-27)18-29-15-14-28-3/h4-11,20H,12-18H2,1-3H3,(H,25,26). The van der Waals surface area contributed by atoms with Gasteiger partial charge < -0.3 is 24.4 Å². The number of rotatable bonds is 9. The lowest BCUT2D eigenvalue weighted by Crippen LogP contribution is -2.39. The van der Waals surface area contributed by atoms with Crippen LogP contribution in [-0.4, -0.2) is 57.9 Å². The van der Waals surface area contributed by atoms with Crippen LogP contribution < -0.4 is 10.1 Å². The van der Waals surface area contributed by atoms with Gasteiger partial charge in [-0.15, -0.1) is 0 Å².